The Balaban J connectivity index is 1.27. The van der Waals surface area contributed by atoms with Gasteiger partial charge in [-0.15, -0.1) is 0 Å². The van der Waals surface area contributed by atoms with Crippen LogP contribution < -0.4 is 9.80 Å². The summed E-state index contributed by atoms with van der Waals surface area (Å²) in [5.74, 6) is 0.130. The number of thioether (sulfide) groups is 2. The van der Waals surface area contributed by atoms with E-state index < -0.39 is 0 Å². The van der Waals surface area contributed by atoms with Crippen LogP contribution >= 0.6 is 23.5 Å². The summed E-state index contributed by atoms with van der Waals surface area (Å²) in [5.41, 5.74) is 5.63. The van der Waals surface area contributed by atoms with Crippen LogP contribution in [0.1, 0.15) is 47.6 Å². The number of carbonyl (C=O) groups excluding carboxylic acids is 2. The van der Waals surface area contributed by atoms with E-state index in [1.807, 2.05) is 70.5 Å². The average Bonchev–Trinajstić information content (AvgIpc) is 3.02. The molecule has 0 N–H and O–H groups in total. The van der Waals surface area contributed by atoms with Gasteiger partial charge in [0.15, 0.2) is 0 Å². The predicted molar refractivity (Wildman–Crippen MR) is 166 cm³/mol. The fraction of sp³-hybridized carbons (Fsp3) is 0.176. The molecule has 40 heavy (non-hydrogen) atoms. The number of rotatable bonds is 4. The third-order valence-corrected chi connectivity index (χ3v) is 10.4. The second kappa shape index (κ2) is 10.7. The number of carbonyl (C=O) groups is 2. The van der Waals surface area contributed by atoms with Crippen molar-refractivity contribution in [3.63, 3.8) is 0 Å². The molecule has 2 atom stereocenters. The summed E-state index contributed by atoms with van der Waals surface area (Å²) in [7, 11) is 0. The lowest BCUT2D eigenvalue weighted by Gasteiger charge is -2.39. The maximum absolute atomic E-state index is 13.9. The Kier molecular flexibility index (Phi) is 6.74. The molecule has 3 aromatic carbocycles. The van der Waals surface area contributed by atoms with E-state index in [9.17, 15) is 9.59 Å². The van der Waals surface area contributed by atoms with Crippen LogP contribution in [0.5, 0.6) is 0 Å². The van der Waals surface area contributed by atoms with Gasteiger partial charge in [0.1, 0.15) is 10.7 Å². The monoisotopic (exact) mass is 560 g/mol. The van der Waals surface area contributed by atoms with Crippen molar-refractivity contribution < 1.29 is 9.59 Å². The Morgan fingerprint density at radius 2 is 0.950 bits per heavy atom. The van der Waals surface area contributed by atoms with Crippen molar-refractivity contribution in [2.75, 3.05) is 9.80 Å². The van der Waals surface area contributed by atoms with Gasteiger partial charge in [-0.05, 0) is 61.1 Å². The first-order valence-corrected chi connectivity index (χ1v) is 15.4. The second-order valence-corrected chi connectivity index (χ2v) is 12.4. The van der Waals surface area contributed by atoms with E-state index in [4.69, 9.17) is 0 Å². The molecule has 0 aromatic heterocycles. The zero-order chi connectivity index (χ0) is 27.1. The highest BCUT2D eigenvalue weighted by molar-refractivity contribution is 8.04. The molecule has 0 spiro atoms. The van der Waals surface area contributed by atoms with E-state index in [-0.39, 0.29) is 22.6 Å². The normalized spacial score (nSPS) is 22.5. The lowest BCUT2D eigenvalue weighted by molar-refractivity contribution is -0.116. The maximum Gasteiger partial charge on any atom is 0.256 e. The summed E-state index contributed by atoms with van der Waals surface area (Å²) in [6, 6.07) is 28.4. The van der Waals surface area contributed by atoms with Crippen LogP contribution in [0, 0.1) is 0 Å². The van der Waals surface area contributed by atoms with E-state index in [0.717, 1.165) is 69.1 Å². The molecule has 3 aromatic rings. The summed E-state index contributed by atoms with van der Waals surface area (Å²) < 4.78 is 0. The summed E-state index contributed by atoms with van der Waals surface area (Å²) >= 11 is 3.47. The van der Waals surface area contributed by atoms with E-state index in [1.54, 1.807) is 23.5 Å². The number of hydrogen-bond donors (Lipinski definition) is 0. The highest BCUT2D eigenvalue weighted by Crippen LogP contribution is 2.50. The van der Waals surface area contributed by atoms with Crippen LogP contribution in [0.4, 0.5) is 11.4 Å². The lowest BCUT2D eigenvalue weighted by Crippen LogP contribution is -2.39. The van der Waals surface area contributed by atoms with Crippen molar-refractivity contribution in [2.24, 2.45) is 0 Å². The van der Waals surface area contributed by atoms with Crippen LogP contribution in [-0.2, 0) is 9.59 Å². The van der Waals surface area contributed by atoms with E-state index in [2.05, 4.69) is 48.6 Å². The van der Waals surface area contributed by atoms with Gasteiger partial charge < -0.3 is 0 Å². The largest absolute Gasteiger partial charge is 0.292 e. The first-order chi connectivity index (χ1) is 19.7. The predicted octanol–water partition coefficient (Wildman–Crippen LogP) is 8.45. The molecule has 4 nitrogen and oxygen atoms in total. The van der Waals surface area contributed by atoms with Crippen molar-refractivity contribution in [3.05, 3.63) is 141 Å². The molecule has 4 aliphatic rings. The molecule has 0 saturated heterocycles. The highest BCUT2D eigenvalue weighted by atomic mass is 32.2. The number of hydrogen-bond acceptors (Lipinski definition) is 4. The van der Waals surface area contributed by atoms with E-state index in [1.165, 1.54) is 0 Å². The summed E-state index contributed by atoms with van der Waals surface area (Å²) in [6.45, 7) is 0. The minimum absolute atomic E-state index is 0.0651. The first-order valence-electron chi connectivity index (χ1n) is 13.7. The third kappa shape index (κ3) is 4.45. The Morgan fingerprint density at radius 3 is 1.35 bits per heavy atom. The molecule has 6 heteroatoms. The molecule has 0 radical (unpaired) electrons. The molecule has 0 fully saturated rings. The van der Waals surface area contributed by atoms with Gasteiger partial charge in [0.25, 0.3) is 11.8 Å². The van der Waals surface area contributed by atoms with E-state index >= 15 is 0 Å². The SMILES string of the molecule is O=C1C2=C(C=CCC2)SC(c2ccccc2)N1c1ccc(N2C(=O)C3=C(C=CCC3)SC2c2ccccc2)cc1. The molecular formula is C34H28N2O2S2. The van der Waals surface area contributed by atoms with Crippen molar-refractivity contribution >= 4 is 46.7 Å². The second-order valence-electron chi connectivity index (χ2n) is 10.2. The summed E-state index contributed by atoms with van der Waals surface area (Å²) in [4.78, 5) is 33.8. The Hall–Kier alpha value is -3.74. The molecular weight excluding hydrogens is 533 g/mol. The van der Waals surface area contributed by atoms with Crippen LogP contribution in [0.15, 0.2) is 130 Å². The van der Waals surface area contributed by atoms with Gasteiger partial charge in [-0.3, -0.25) is 19.4 Å². The van der Waals surface area contributed by atoms with Crippen LogP contribution in [0.2, 0.25) is 0 Å². The van der Waals surface area contributed by atoms with Gasteiger partial charge >= 0.3 is 0 Å². The van der Waals surface area contributed by atoms with Gasteiger partial charge in [-0.2, -0.15) is 0 Å². The molecule has 2 aliphatic heterocycles. The fourth-order valence-corrected chi connectivity index (χ4v) is 8.45. The number of anilines is 2. The summed E-state index contributed by atoms with van der Waals surface area (Å²) in [5, 5.41) is -0.320. The molecule has 0 saturated carbocycles. The zero-order valence-electron chi connectivity index (χ0n) is 21.9. The standard InChI is InChI=1S/C34H28N2O2S2/c37-31-27-15-7-9-17-29(27)39-33(23-11-3-1-4-12-23)35(31)25-19-21-26(22-20-25)36-32(38)28-16-8-10-18-30(28)40-34(36)24-13-5-2-6-14-24/h1-6,9-14,17-22,33-34H,7-8,15-16H2. The average molecular weight is 561 g/mol. The Morgan fingerprint density at radius 1 is 0.550 bits per heavy atom. The number of benzene rings is 3. The van der Waals surface area contributed by atoms with Gasteiger partial charge in [0.05, 0.1) is 0 Å². The zero-order valence-corrected chi connectivity index (χ0v) is 23.5. The van der Waals surface area contributed by atoms with Crippen molar-refractivity contribution in [1.82, 2.24) is 0 Å². The molecule has 2 amide bonds. The highest BCUT2D eigenvalue weighted by Gasteiger charge is 2.38. The van der Waals surface area contributed by atoms with Crippen LogP contribution in [0.3, 0.4) is 0 Å². The van der Waals surface area contributed by atoms with E-state index in [0.29, 0.717) is 0 Å². The lowest BCUT2D eigenvalue weighted by atomic mass is 10.0. The molecule has 2 unspecified atom stereocenters. The maximum atomic E-state index is 13.9. The quantitative estimate of drug-likeness (QED) is 0.321. The molecule has 2 heterocycles. The molecule has 2 aliphatic carbocycles. The Bertz CT molecular complexity index is 1470. The van der Waals surface area contributed by atoms with Gasteiger partial charge in [-0.1, -0.05) is 108 Å². The molecule has 0 bridgehead atoms. The van der Waals surface area contributed by atoms with Gasteiger partial charge in [0, 0.05) is 32.3 Å². The number of allylic oxidation sites excluding steroid dienone is 4. The van der Waals surface area contributed by atoms with Gasteiger partial charge in [0.2, 0.25) is 0 Å². The van der Waals surface area contributed by atoms with Crippen molar-refractivity contribution in [1.29, 1.82) is 0 Å². The smallest absolute Gasteiger partial charge is 0.256 e. The topological polar surface area (TPSA) is 40.6 Å². The third-order valence-electron chi connectivity index (χ3n) is 7.73. The van der Waals surface area contributed by atoms with Gasteiger partial charge in [-0.25, -0.2) is 0 Å². The van der Waals surface area contributed by atoms with Crippen LogP contribution in [-0.4, -0.2) is 11.8 Å². The minimum atomic E-state index is -0.160. The summed E-state index contributed by atoms with van der Waals surface area (Å²) in [6.07, 6.45) is 11.8. The van der Waals surface area contributed by atoms with Crippen LogP contribution in [0.25, 0.3) is 0 Å². The minimum Gasteiger partial charge on any atom is -0.292 e. The molecule has 198 valence electrons. The van der Waals surface area contributed by atoms with Crippen molar-refractivity contribution in [2.45, 2.75) is 36.4 Å². The number of nitrogens with zero attached hydrogens (tertiary/aromatic N) is 2. The van der Waals surface area contributed by atoms with Crippen molar-refractivity contribution in [3.8, 4) is 0 Å². The number of amides is 2. The first kappa shape index (κ1) is 25.2. The Labute approximate surface area is 243 Å². The molecule has 7 rings (SSSR count). The fourth-order valence-electron chi connectivity index (χ4n) is 5.73.